The molecular formula is C14H18N2O4. The Balaban J connectivity index is 2.26. The fourth-order valence-corrected chi connectivity index (χ4v) is 2.35. The van der Waals surface area contributed by atoms with Gasteiger partial charge < -0.3 is 10.4 Å². The van der Waals surface area contributed by atoms with Crippen LogP contribution < -0.4 is 5.32 Å². The van der Waals surface area contributed by atoms with Gasteiger partial charge in [-0.05, 0) is 30.7 Å². The van der Waals surface area contributed by atoms with Crippen molar-refractivity contribution in [2.24, 2.45) is 11.3 Å². The van der Waals surface area contributed by atoms with Crippen LogP contribution >= 0.6 is 0 Å². The van der Waals surface area contributed by atoms with Gasteiger partial charge in [0.25, 0.3) is 5.69 Å². The zero-order chi connectivity index (χ0) is 15.1. The summed E-state index contributed by atoms with van der Waals surface area (Å²) >= 11 is 0. The minimum atomic E-state index is -1.16. The number of anilines is 1. The second kappa shape index (κ2) is 4.77. The van der Waals surface area contributed by atoms with Crippen molar-refractivity contribution in [3.05, 3.63) is 33.4 Å². The second-order valence-corrected chi connectivity index (χ2v) is 6.00. The summed E-state index contributed by atoms with van der Waals surface area (Å²) < 4.78 is 0. The largest absolute Gasteiger partial charge is 0.478 e. The number of carboxylic acid groups (broad SMARTS) is 1. The van der Waals surface area contributed by atoms with Gasteiger partial charge in [-0.1, -0.05) is 13.8 Å². The van der Waals surface area contributed by atoms with Crippen LogP contribution in [0, 0.1) is 28.4 Å². The summed E-state index contributed by atoms with van der Waals surface area (Å²) in [5.74, 6) is -0.641. The van der Waals surface area contributed by atoms with Gasteiger partial charge in [0.15, 0.2) is 0 Å². The molecule has 1 aromatic carbocycles. The Bertz CT molecular complexity index is 581. The number of aromatic carboxylic acids is 1. The van der Waals surface area contributed by atoms with E-state index in [9.17, 15) is 14.9 Å². The first-order chi connectivity index (χ1) is 9.22. The van der Waals surface area contributed by atoms with Gasteiger partial charge in [0.1, 0.15) is 0 Å². The monoisotopic (exact) mass is 278 g/mol. The number of nitrogens with zero attached hydrogens (tertiary/aromatic N) is 1. The molecule has 0 radical (unpaired) electrons. The van der Waals surface area contributed by atoms with Crippen LogP contribution in [0.4, 0.5) is 11.4 Å². The van der Waals surface area contributed by atoms with E-state index in [1.165, 1.54) is 6.07 Å². The van der Waals surface area contributed by atoms with E-state index in [4.69, 9.17) is 5.11 Å². The maximum atomic E-state index is 11.0. The third kappa shape index (κ3) is 2.74. The lowest BCUT2D eigenvalue weighted by atomic mass is 10.1. The average molecular weight is 278 g/mol. The summed E-state index contributed by atoms with van der Waals surface area (Å²) in [5, 5.41) is 23.2. The summed E-state index contributed by atoms with van der Waals surface area (Å²) in [5.41, 5.74) is 1.07. The third-order valence-electron chi connectivity index (χ3n) is 4.08. The number of benzene rings is 1. The molecule has 0 amide bonds. The molecule has 0 aromatic heterocycles. The van der Waals surface area contributed by atoms with Crippen LogP contribution in [0.5, 0.6) is 0 Å². The summed E-state index contributed by atoms with van der Waals surface area (Å²) in [7, 11) is 0. The number of nitro groups is 1. The lowest BCUT2D eigenvalue weighted by Crippen LogP contribution is -2.10. The molecular weight excluding hydrogens is 260 g/mol. The molecule has 2 N–H and O–H groups in total. The van der Waals surface area contributed by atoms with E-state index < -0.39 is 10.9 Å². The Kier molecular flexibility index (Phi) is 3.41. The van der Waals surface area contributed by atoms with E-state index in [0.717, 1.165) is 12.5 Å². The van der Waals surface area contributed by atoms with Crippen LogP contribution in [0.1, 0.15) is 36.2 Å². The number of nitro benzene ring substituents is 1. The van der Waals surface area contributed by atoms with E-state index in [0.29, 0.717) is 29.1 Å². The van der Waals surface area contributed by atoms with Gasteiger partial charge in [-0.25, -0.2) is 4.79 Å². The number of carbonyl (C=O) groups is 1. The van der Waals surface area contributed by atoms with Gasteiger partial charge in [-0.2, -0.15) is 0 Å². The lowest BCUT2D eigenvalue weighted by Gasteiger charge is -2.12. The smallest absolute Gasteiger partial charge is 0.336 e. The van der Waals surface area contributed by atoms with E-state index in [1.54, 1.807) is 6.92 Å². The van der Waals surface area contributed by atoms with Crippen LogP contribution in [0.3, 0.4) is 0 Å². The molecule has 1 unspecified atom stereocenters. The average Bonchev–Trinajstić information content (AvgIpc) is 2.95. The van der Waals surface area contributed by atoms with Crippen molar-refractivity contribution in [1.29, 1.82) is 0 Å². The van der Waals surface area contributed by atoms with Crippen LogP contribution in [-0.2, 0) is 0 Å². The summed E-state index contributed by atoms with van der Waals surface area (Å²) in [4.78, 5) is 21.5. The Labute approximate surface area is 117 Å². The summed E-state index contributed by atoms with van der Waals surface area (Å²) in [6.45, 7) is 6.67. The molecule has 0 saturated heterocycles. The van der Waals surface area contributed by atoms with Gasteiger partial charge in [-0.3, -0.25) is 10.1 Å². The van der Waals surface area contributed by atoms with Crippen molar-refractivity contribution in [1.82, 2.24) is 0 Å². The van der Waals surface area contributed by atoms with Gasteiger partial charge in [0.05, 0.1) is 10.5 Å². The van der Waals surface area contributed by atoms with Crippen LogP contribution in [0.2, 0.25) is 0 Å². The molecule has 20 heavy (non-hydrogen) atoms. The minimum absolute atomic E-state index is 0.0696. The van der Waals surface area contributed by atoms with Crippen molar-refractivity contribution in [2.75, 3.05) is 11.9 Å². The highest BCUT2D eigenvalue weighted by atomic mass is 16.6. The van der Waals surface area contributed by atoms with E-state index >= 15 is 0 Å². The number of hydrogen-bond acceptors (Lipinski definition) is 4. The van der Waals surface area contributed by atoms with Crippen molar-refractivity contribution in [3.63, 3.8) is 0 Å². The number of hydrogen-bond donors (Lipinski definition) is 2. The molecule has 6 heteroatoms. The number of nitrogens with one attached hydrogen (secondary N) is 1. The molecule has 0 heterocycles. The number of carboxylic acids is 1. The Morgan fingerprint density at radius 2 is 2.15 bits per heavy atom. The lowest BCUT2D eigenvalue weighted by molar-refractivity contribution is -0.385. The molecule has 1 aliphatic carbocycles. The minimum Gasteiger partial charge on any atom is -0.478 e. The Hall–Kier alpha value is -2.11. The first-order valence-corrected chi connectivity index (χ1v) is 6.48. The molecule has 108 valence electrons. The highest BCUT2D eigenvalue weighted by Crippen LogP contribution is 2.51. The van der Waals surface area contributed by atoms with Gasteiger partial charge >= 0.3 is 5.97 Å². The highest BCUT2D eigenvalue weighted by Gasteiger charge is 2.45. The summed E-state index contributed by atoms with van der Waals surface area (Å²) in [6, 6.07) is 2.56. The Morgan fingerprint density at radius 3 is 2.60 bits per heavy atom. The Morgan fingerprint density at radius 1 is 1.55 bits per heavy atom. The van der Waals surface area contributed by atoms with Crippen LogP contribution in [0.15, 0.2) is 12.1 Å². The summed E-state index contributed by atoms with van der Waals surface area (Å²) in [6.07, 6.45) is 1.11. The first-order valence-electron chi connectivity index (χ1n) is 6.48. The zero-order valence-electron chi connectivity index (χ0n) is 11.8. The molecule has 1 atom stereocenters. The SMILES string of the molecule is Cc1c(NCC2CC2(C)C)cc(C(=O)O)cc1[N+](=O)[O-]. The topological polar surface area (TPSA) is 92.5 Å². The van der Waals surface area contributed by atoms with Crippen LogP contribution in [-0.4, -0.2) is 22.5 Å². The van der Waals surface area contributed by atoms with E-state index in [2.05, 4.69) is 19.2 Å². The predicted octanol–water partition coefficient (Wildman–Crippen LogP) is 3.06. The van der Waals surface area contributed by atoms with E-state index in [1.807, 2.05) is 0 Å². The normalized spacial score (nSPS) is 19.4. The van der Waals surface area contributed by atoms with Gasteiger partial charge in [-0.15, -0.1) is 0 Å². The maximum Gasteiger partial charge on any atom is 0.336 e. The van der Waals surface area contributed by atoms with Crippen molar-refractivity contribution >= 4 is 17.3 Å². The predicted molar refractivity (Wildman–Crippen MR) is 75.2 cm³/mol. The molecule has 1 fully saturated rings. The fourth-order valence-electron chi connectivity index (χ4n) is 2.35. The van der Waals surface area contributed by atoms with E-state index in [-0.39, 0.29) is 11.3 Å². The zero-order valence-corrected chi connectivity index (χ0v) is 11.8. The molecule has 0 spiro atoms. The second-order valence-electron chi connectivity index (χ2n) is 6.00. The molecule has 0 aliphatic heterocycles. The van der Waals surface area contributed by atoms with Gasteiger partial charge in [0, 0.05) is 23.9 Å². The molecule has 1 aliphatic rings. The first kappa shape index (κ1) is 14.3. The molecule has 0 bridgehead atoms. The standard InChI is InChI=1S/C14H18N2O4/c1-8-11(15-7-10-6-14(10,2)3)4-9(13(17)18)5-12(8)16(19)20/h4-5,10,15H,6-7H2,1-3H3,(H,17,18). The molecule has 1 aromatic rings. The van der Waals surface area contributed by atoms with Crippen molar-refractivity contribution in [3.8, 4) is 0 Å². The molecule has 6 nitrogen and oxygen atoms in total. The fraction of sp³-hybridized carbons (Fsp3) is 0.500. The van der Waals surface area contributed by atoms with Crippen molar-refractivity contribution in [2.45, 2.75) is 27.2 Å². The van der Waals surface area contributed by atoms with Crippen LogP contribution in [0.25, 0.3) is 0 Å². The third-order valence-corrected chi connectivity index (χ3v) is 4.08. The molecule has 2 rings (SSSR count). The van der Waals surface area contributed by atoms with Gasteiger partial charge in [0.2, 0.25) is 0 Å². The highest BCUT2D eigenvalue weighted by molar-refractivity contribution is 5.90. The molecule has 1 saturated carbocycles. The maximum absolute atomic E-state index is 11.0. The number of rotatable bonds is 5. The van der Waals surface area contributed by atoms with Crippen molar-refractivity contribution < 1.29 is 14.8 Å². The quantitative estimate of drug-likeness (QED) is 0.638.